The Labute approximate surface area is 101 Å². The van der Waals surface area contributed by atoms with E-state index in [2.05, 4.69) is 13.8 Å². The monoisotopic (exact) mass is 253 g/mol. The first kappa shape index (κ1) is 11.4. The number of alkyl halides is 3. The van der Waals surface area contributed by atoms with Crippen molar-refractivity contribution in [3.05, 3.63) is 5.92 Å². The molecule has 3 heteroatoms. The molecule has 0 nitrogen and oxygen atoms in total. The van der Waals surface area contributed by atoms with Crippen LogP contribution in [0.2, 0.25) is 0 Å². The Hall–Kier alpha value is 0.870. The molecule has 0 aliphatic heterocycles. The summed E-state index contributed by atoms with van der Waals surface area (Å²) in [6.07, 6.45) is 4.44. The van der Waals surface area contributed by atoms with Crippen molar-refractivity contribution in [3.63, 3.8) is 0 Å². The van der Waals surface area contributed by atoms with E-state index in [1.807, 2.05) is 0 Å². The van der Waals surface area contributed by atoms with Crippen molar-refractivity contribution in [2.75, 3.05) is 0 Å². The zero-order chi connectivity index (χ0) is 10.6. The van der Waals surface area contributed by atoms with Crippen LogP contribution in [0.3, 0.4) is 0 Å². The molecule has 3 saturated carbocycles. The molecule has 0 spiro atoms. The van der Waals surface area contributed by atoms with Crippen molar-refractivity contribution in [2.24, 2.45) is 17.3 Å². The second kappa shape index (κ2) is 3.43. The number of halogens is 3. The molecule has 2 bridgehead atoms. The van der Waals surface area contributed by atoms with Crippen LogP contribution in [0.4, 0.5) is 0 Å². The summed E-state index contributed by atoms with van der Waals surface area (Å²) < 4.78 is -1.09. The fourth-order valence-corrected chi connectivity index (χ4v) is 3.72. The molecular weight excluding hydrogens is 238 g/mol. The first-order valence-electron chi connectivity index (χ1n) is 5.22. The second-order valence-corrected chi connectivity index (χ2v) is 7.81. The molecule has 14 heavy (non-hydrogen) atoms. The Bertz CT molecular complexity index is 227. The summed E-state index contributed by atoms with van der Waals surface area (Å²) in [4.78, 5) is 0. The third-order valence-corrected chi connectivity index (χ3v) is 4.61. The third kappa shape index (κ3) is 1.90. The molecule has 0 N–H and O–H groups in total. The first-order chi connectivity index (χ1) is 6.31. The van der Waals surface area contributed by atoms with Gasteiger partial charge in [0.15, 0.2) is 3.79 Å². The minimum atomic E-state index is -1.09. The van der Waals surface area contributed by atoms with Gasteiger partial charge in [0.2, 0.25) is 0 Å². The maximum absolute atomic E-state index is 5.85. The van der Waals surface area contributed by atoms with E-state index in [9.17, 15) is 0 Å². The summed E-state index contributed by atoms with van der Waals surface area (Å²) in [7, 11) is 0. The van der Waals surface area contributed by atoms with E-state index in [-0.39, 0.29) is 0 Å². The Kier molecular flexibility index (Phi) is 2.78. The molecule has 0 aromatic rings. The highest BCUT2D eigenvalue weighted by molar-refractivity contribution is 6.67. The average molecular weight is 255 g/mol. The van der Waals surface area contributed by atoms with Crippen LogP contribution in [0.5, 0.6) is 0 Å². The molecule has 0 amide bonds. The van der Waals surface area contributed by atoms with Crippen molar-refractivity contribution in [2.45, 2.75) is 43.3 Å². The minimum absolute atomic E-state index is 0.462. The summed E-state index contributed by atoms with van der Waals surface area (Å²) in [6.45, 7) is 4.70. The zero-order valence-corrected chi connectivity index (χ0v) is 10.9. The quantitative estimate of drug-likeness (QED) is 0.591. The number of hydrogen-bond acceptors (Lipinski definition) is 0. The van der Waals surface area contributed by atoms with Crippen LogP contribution in [0.25, 0.3) is 0 Å². The lowest BCUT2D eigenvalue weighted by molar-refractivity contribution is -0.0502. The summed E-state index contributed by atoms with van der Waals surface area (Å²) in [5, 5.41) is 0. The van der Waals surface area contributed by atoms with Crippen LogP contribution in [-0.4, -0.2) is 3.79 Å². The lowest BCUT2D eigenvalue weighted by Crippen LogP contribution is -2.52. The highest BCUT2D eigenvalue weighted by Crippen LogP contribution is 2.64. The van der Waals surface area contributed by atoms with Gasteiger partial charge in [0, 0.05) is 6.42 Å². The largest absolute Gasteiger partial charge is 0.191 e. The molecule has 0 aromatic carbocycles. The van der Waals surface area contributed by atoms with Crippen LogP contribution in [-0.2, 0) is 0 Å². The van der Waals surface area contributed by atoms with Crippen LogP contribution in [0, 0.1) is 23.2 Å². The lowest BCUT2D eigenvalue weighted by Gasteiger charge is -2.60. The predicted octanol–water partition coefficient (Wildman–Crippen LogP) is 4.78. The highest BCUT2D eigenvalue weighted by atomic mass is 35.6. The van der Waals surface area contributed by atoms with E-state index in [1.165, 1.54) is 25.2 Å². The summed E-state index contributed by atoms with van der Waals surface area (Å²) in [6, 6.07) is 0. The fourth-order valence-electron chi connectivity index (χ4n) is 3.20. The first-order valence-corrected chi connectivity index (χ1v) is 6.35. The number of fused-ring (bicyclic) bond motifs is 2. The van der Waals surface area contributed by atoms with Crippen LogP contribution in [0.1, 0.15) is 39.5 Å². The van der Waals surface area contributed by atoms with Gasteiger partial charge in [0.05, 0.1) is 0 Å². The lowest BCUT2D eigenvalue weighted by atomic mass is 9.45. The van der Waals surface area contributed by atoms with E-state index in [4.69, 9.17) is 34.8 Å². The van der Waals surface area contributed by atoms with Crippen molar-refractivity contribution in [1.82, 2.24) is 0 Å². The molecule has 0 heterocycles. The van der Waals surface area contributed by atoms with Gasteiger partial charge < -0.3 is 0 Å². The molecule has 81 valence electrons. The maximum Gasteiger partial charge on any atom is 0.191 e. The Morgan fingerprint density at radius 3 is 2.43 bits per heavy atom. The van der Waals surface area contributed by atoms with Gasteiger partial charge in [-0.05, 0) is 42.4 Å². The average Bonchev–Trinajstić information content (AvgIpc) is 2.00. The predicted molar refractivity (Wildman–Crippen MR) is 62.8 cm³/mol. The summed E-state index contributed by atoms with van der Waals surface area (Å²) >= 11 is 17.6. The third-order valence-electron chi connectivity index (χ3n) is 4.20. The fraction of sp³-hybridized carbons (Fsp3) is 0.909. The highest BCUT2D eigenvalue weighted by Gasteiger charge is 2.55. The van der Waals surface area contributed by atoms with Crippen LogP contribution < -0.4 is 0 Å². The molecular formula is C11H16Cl3. The van der Waals surface area contributed by atoms with Gasteiger partial charge in [-0.2, -0.15) is 0 Å². The maximum atomic E-state index is 5.85. The van der Waals surface area contributed by atoms with E-state index in [1.54, 1.807) is 0 Å². The topological polar surface area (TPSA) is 0 Å². The molecule has 3 fully saturated rings. The van der Waals surface area contributed by atoms with Crippen LogP contribution >= 0.6 is 34.8 Å². The SMILES string of the molecule is CC1(C)C2CC[C](CC(Cl)(Cl)Cl)C1C2. The minimum Gasteiger partial charge on any atom is -0.0837 e. The molecule has 2 unspecified atom stereocenters. The Balaban J connectivity index is 2.01. The second-order valence-electron chi connectivity index (χ2n) is 5.30. The molecule has 1 radical (unpaired) electrons. The number of hydrogen-bond donors (Lipinski definition) is 0. The smallest absolute Gasteiger partial charge is 0.0837 e. The van der Waals surface area contributed by atoms with E-state index in [0.29, 0.717) is 17.8 Å². The Morgan fingerprint density at radius 2 is 2.00 bits per heavy atom. The van der Waals surface area contributed by atoms with Gasteiger partial charge in [-0.1, -0.05) is 48.7 Å². The number of rotatable bonds is 1. The molecule has 2 atom stereocenters. The summed E-state index contributed by atoms with van der Waals surface area (Å²) in [5.74, 6) is 3.10. The standard InChI is InChI=1S/C11H16Cl3/c1-10(2)8-4-3-7(9(10)5-8)6-11(12,13)14/h8-9H,3-6H2,1-2H3. The molecule has 3 aliphatic carbocycles. The molecule has 3 rings (SSSR count). The molecule has 3 aliphatic rings. The van der Waals surface area contributed by atoms with Crippen molar-refractivity contribution >= 4 is 34.8 Å². The van der Waals surface area contributed by atoms with Crippen molar-refractivity contribution in [3.8, 4) is 0 Å². The van der Waals surface area contributed by atoms with Gasteiger partial charge >= 0.3 is 0 Å². The van der Waals surface area contributed by atoms with Crippen molar-refractivity contribution < 1.29 is 0 Å². The van der Waals surface area contributed by atoms with Crippen molar-refractivity contribution in [1.29, 1.82) is 0 Å². The van der Waals surface area contributed by atoms with Gasteiger partial charge in [0.1, 0.15) is 0 Å². The summed E-state index contributed by atoms with van der Waals surface area (Å²) in [5.41, 5.74) is 0.462. The van der Waals surface area contributed by atoms with E-state index < -0.39 is 3.79 Å². The van der Waals surface area contributed by atoms with Gasteiger partial charge in [-0.3, -0.25) is 0 Å². The van der Waals surface area contributed by atoms with Gasteiger partial charge in [-0.25, -0.2) is 0 Å². The molecule has 0 saturated heterocycles. The van der Waals surface area contributed by atoms with Gasteiger partial charge in [-0.15, -0.1) is 0 Å². The van der Waals surface area contributed by atoms with Crippen LogP contribution in [0.15, 0.2) is 0 Å². The zero-order valence-electron chi connectivity index (χ0n) is 8.62. The Morgan fingerprint density at radius 1 is 1.36 bits per heavy atom. The van der Waals surface area contributed by atoms with E-state index in [0.717, 1.165) is 5.92 Å². The molecule has 0 aromatic heterocycles. The van der Waals surface area contributed by atoms with Gasteiger partial charge in [0.25, 0.3) is 0 Å². The van der Waals surface area contributed by atoms with E-state index >= 15 is 0 Å². The normalized spacial score (nSPS) is 36.6.